The van der Waals surface area contributed by atoms with Gasteiger partial charge in [0.15, 0.2) is 0 Å². The highest BCUT2D eigenvalue weighted by molar-refractivity contribution is 6.31. The molecule has 1 aromatic carbocycles. The van der Waals surface area contributed by atoms with E-state index in [1.54, 1.807) is 32.0 Å². The van der Waals surface area contributed by atoms with E-state index in [-0.39, 0.29) is 6.54 Å². The Labute approximate surface area is 111 Å². The van der Waals surface area contributed by atoms with E-state index in [0.29, 0.717) is 16.1 Å². The van der Waals surface area contributed by atoms with Crippen molar-refractivity contribution in [3.8, 4) is 11.8 Å². The predicted molar refractivity (Wildman–Crippen MR) is 69.5 cm³/mol. The summed E-state index contributed by atoms with van der Waals surface area (Å²) in [5, 5.41) is 20.7. The molecule has 0 aromatic heterocycles. The minimum Gasteiger partial charge on any atom is -0.465 e. The zero-order chi connectivity index (χ0) is 13.8. The largest absolute Gasteiger partial charge is 0.465 e. The van der Waals surface area contributed by atoms with Crippen LogP contribution in [0.3, 0.4) is 0 Å². The standard InChI is InChI=1S/C13H14ClNO3/c1-13(2,18)6-5-9-3-4-11(14)10(7-9)8-15-12(16)17/h3-4,7,15,18H,8H2,1-2H3,(H,16,17). The summed E-state index contributed by atoms with van der Waals surface area (Å²) in [4.78, 5) is 10.4. The maximum Gasteiger partial charge on any atom is 0.404 e. The molecule has 0 spiro atoms. The molecular weight excluding hydrogens is 254 g/mol. The van der Waals surface area contributed by atoms with Crippen LogP contribution in [0.15, 0.2) is 18.2 Å². The third-order valence-electron chi connectivity index (χ3n) is 1.99. The van der Waals surface area contributed by atoms with Crippen LogP contribution in [0.25, 0.3) is 0 Å². The molecule has 1 aromatic rings. The lowest BCUT2D eigenvalue weighted by atomic mass is 10.1. The Hall–Kier alpha value is -1.70. The van der Waals surface area contributed by atoms with Crippen molar-refractivity contribution >= 4 is 17.7 Å². The van der Waals surface area contributed by atoms with Gasteiger partial charge >= 0.3 is 6.09 Å². The molecule has 0 radical (unpaired) electrons. The van der Waals surface area contributed by atoms with Crippen molar-refractivity contribution in [2.45, 2.75) is 26.0 Å². The van der Waals surface area contributed by atoms with Crippen LogP contribution < -0.4 is 5.32 Å². The molecule has 96 valence electrons. The van der Waals surface area contributed by atoms with Crippen LogP contribution in [-0.4, -0.2) is 21.9 Å². The number of aliphatic hydroxyl groups is 1. The number of nitrogens with one attached hydrogen (secondary N) is 1. The van der Waals surface area contributed by atoms with E-state index >= 15 is 0 Å². The first-order valence-corrected chi connectivity index (χ1v) is 5.66. The van der Waals surface area contributed by atoms with Crippen LogP contribution >= 0.6 is 11.6 Å². The van der Waals surface area contributed by atoms with Gasteiger partial charge < -0.3 is 15.5 Å². The Morgan fingerprint density at radius 2 is 2.17 bits per heavy atom. The van der Waals surface area contributed by atoms with Crippen molar-refractivity contribution in [3.05, 3.63) is 34.3 Å². The zero-order valence-electron chi connectivity index (χ0n) is 10.1. The molecule has 0 aliphatic carbocycles. The van der Waals surface area contributed by atoms with Gasteiger partial charge in [0, 0.05) is 17.1 Å². The van der Waals surface area contributed by atoms with Gasteiger partial charge in [0.25, 0.3) is 0 Å². The minimum atomic E-state index is -1.11. The summed E-state index contributed by atoms with van der Waals surface area (Å²) >= 11 is 5.94. The predicted octanol–water partition coefficient (Wildman–Crippen LogP) is 2.23. The van der Waals surface area contributed by atoms with Gasteiger partial charge in [-0.25, -0.2) is 4.79 Å². The summed E-state index contributed by atoms with van der Waals surface area (Å²) in [6, 6.07) is 5.05. The first-order chi connectivity index (χ1) is 8.28. The molecule has 3 N–H and O–H groups in total. The van der Waals surface area contributed by atoms with E-state index in [1.165, 1.54) is 0 Å². The topological polar surface area (TPSA) is 69.6 Å². The molecule has 4 nitrogen and oxygen atoms in total. The maximum atomic E-state index is 10.4. The fourth-order valence-electron chi connectivity index (χ4n) is 1.18. The van der Waals surface area contributed by atoms with E-state index in [0.717, 1.165) is 0 Å². The van der Waals surface area contributed by atoms with Crippen molar-refractivity contribution in [1.29, 1.82) is 0 Å². The summed E-state index contributed by atoms with van der Waals surface area (Å²) in [7, 11) is 0. The molecule has 0 fully saturated rings. The van der Waals surface area contributed by atoms with Crippen LogP contribution in [-0.2, 0) is 6.54 Å². The number of carbonyl (C=O) groups is 1. The van der Waals surface area contributed by atoms with Crippen LogP contribution in [0.2, 0.25) is 5.02 Å². The van der Waals surface area contributed by atoms with Crippen LogP contribution in [0.1, 0.15) is 25.0 Å². The first-order valence-electron chi connectivity index (χ1n) is 5.29. The van der Waals surface area contributed by atoms with Crippen LogP contribution in [0.5, 0.6) is 0 Å². The maximum absolute atomic E-state index is 10.4. The molecule has 1 rings (SSSR count). The molecule has 0 aliphatic rings. The summed E-state index contributed by atoms with van der Waals surface area (Å²) < 4.78 is 0. The number of halogens is 1. The monoisotopic (exact) mass is 267 g/mol. The summed E-state index contributed by atoms with van der Waals surface area (Å²) in [5.74, 6) is 5.48. The average Bonchev–Trinajstić information content (AvgIpc) is 2.25. The summed E-state index contributed by atoms with van der Waals surface area (Å²) in [6.07, 6.45) is -1.11. The first kappa shape index (κ1) is 14.4. The number of hydrogen-bond acceptors (Lipinski definition) is 2. The Morgan fingerprint density at radius 1 is 1.50 bits per heavy atom. The Bertz CT molecular complexity index is 509. The molecule has 0 heterocycles. The summed E-state index contributed by atoms with van der Waals surface area (Å²) in [6.45, 7) is 3.29. The van der Waals surface area contributed by atoms with Gasteiger partial charge in [0.05, 0.1) is 0 Å². The van der Waals surface area contributed by atoms with Crippen molar-refractivity contribution in [1.82, 2.24) is 5.32 Å². The summed E-state index contributed by atoms with van der Waals surface area (Å²) in [5.41, 5.74) is 0.240. The van der Waals surface area contributed by atoms with Gasteiger partial charge in [-0.2, -0.15) is 0 Å². The van der Waals surface area contributed by atoms with Gasteiger partial charge in [-0.3, -0.25) is 0 Å². The highest BCUT2D eigenvalue weighted by Crippen LogP contribution is 2.17. The molecule has 5 heteroatoms. The zero-order valence-corrected chi connectivity index (χ0v) is 10.9. The van der Waals surface area contributed by atoms with E-state index in [1.807, 2.05) is 0 Å². The second-order valence-electron chi connectivity index (χ2n) is 4.27. The average molecular weight is 268 g/mol. The third-order valence-corrected chi connectivity index (χ3v) is 2.36. The van der Waals surface area contributed by atoms with Gasteiger partial charge in [0.2, 0.25) is 0 Å². The fraction of sp³-hybridized carbons (Fsp3) is 0.308. The third kappa shape index (κ3) is 5.09. The van der Waals surface area contributed by atoms with Crippen molar-refractivity contribution in [2.75, 3.05) is 0 Å². The van der Waals surface area contributed by atoms with Crippen molar-refractivity contribution in [2.24, 2.45) is 0 Å². The second kappa shape index (κ2) is 5.76. The van der Waals surface area contributed by atoms with E-state index in [2.05, 4.69) is 17.2 Å². The molecule has 0 aliphatic heterocycles. The molecular formula is C13H14ClNO3. The SMILES string of the molecule is CC(C)(O)C#Cc1ccc(Cl)c(CNC(=O)O)c1. The second-order valence-corrected chi connectivity index (χ2v) is 4.68. The number of hydrogen-bond donors (Lipinski definition) is 3. The van der Waals surface area contributed by atoms with Gasteiger partial charge in [-0.05, 0) is 37.6 Å². The number of amides is 1. The lowest BCUT2D eigenvalue weighted by Crippen LogP contribution is -2.20. The van der Waals surface area contributed by atoms with E-state index in [4.69, 9.17) is 16.7 Å². The molecule has 1 amide bonds. The highest BCUT2D eigenvalue weighted by atomic mass is 35.5. The van der Waals surface area contributed by atoms with Crippen molar-refractivity contribution < 1.29 is 15.0 Å². The van der Waals surface area contributed by atoms with Crippen molar-refractivity contribution in [3.63, 3.8) is 0 Å². The number of carboxylic acid groups (broad SMARTS) is 1. The molecule has 0 atom stereocenters. The molecule has 18 heavy (non-hydrogen) atoms. The normalized spacial score (nSPS) is 10.4. The van der Waals surface area contributed by atoms with Gasteiger partial charge in [0.1, 0.15) is 5.60 Å². The molecule has 0 unspecified atom stereocenters. The van der Waals surface area contributed by atoms with Gasteiger partial charge in [-0.1, -0.05) is 23.4 Å². The van der Waals surface area contributed by atoms with Crippen LogP contribution in [0.4, 0.5) is 4.79 Å². The fourth-order valence-corrected chi connectivity index (χ4v) is 1.37. The Kier molecular flexibility index (Phi) is 4.60. The quantitative estimate of drug-likeness (QED) is 0.720. The van der Waals surface area contributed by atoms with E-state index in [9.17, 15) is 9.90 Å². The lowest BCUT2D eigenvalue weighted by Gasteiger charge is -2.07. The Morgan fingerprint density at radius 3 is 2.72 bits per heavy atom. The molecule has 0 bridgehead atoms. The number of benzene rings is 1. The molecule has 0 saturated carbocycles. The van der Waals surface area contributed by atoms with Crippen LogP contribution in [0, 0.1) is 11.8 Å². The smallest absolute Gasteiger partial charge is 0.404 e. The highest BCUT2D eigenvalue weighted by Gasteiger charge is 2.07. The Balaban J connectivity index is 2.92. The number of rotatable bonds is 2. The minimum absolute atomic E-state index is 0.117. The van der Waals surface area contributed by atoms with Gasteiger partial charge in [-0.15, -0.1) is 0 Å². The van der Waals surface area contributed by atoms with E-state index < -0.39 is 11.7 Å². The lowest BCUT2D eigenvalue weighted by molar-refractivity contribution is 0.143. The molecule has 0 saturated heterocycles.